The van der Waals surface area contributed by atoms with Gasteiger partial charge >= 0.3 is 0 Å². The van der Waals surface area contributed by atoms with E-state index in [0.29, 0.717) is 36.6 Å². The molecular formula is C16H14O5. The molecule has 1 N–H and O–H groups in total. The van der Waals surface area contributed by atoms with Gasteiger partial charge in [-0.3, -0.25) is 4.79 Å². The summed E-state index contributed by atoms with van der Waals surface area (Å²) in [7, 11) is 1.44. The topological polar surface area (TPSA) is 65.0 Å². The predicted molar refractivity (Wildman–Crippen MR) is 76.5 cm³/mol. The van der Waals surface area contributed by atoms with E-state index in [2.05, 4.69) is 0 Å². The van der Waals surface area contributed by atoms with Gasteiger partial charge in [-0.15, -0.1) is 0 Å². The van der Waals surface area contributed by atoms with Crippen molar-refractivity contribution in [3.05, 3.63) is 35.9 Å². The van der Waals surface area contributed by atoms with Crippen molar-refractivity contribution in [2.24, 2.45) is 0 Å². The number of hydrogen-bond acceptors (Lipinski definition) is 5. The Balaban J connectivity index is 2.12. The molecule has 2 aromatic rings. The Hall–Kier alpha value is -2.69. The number of methoxy groups -OCH3 is 1. The van der Waals surface area contributed by atoms with Crippen LogP contribution in [0.25, 0.3) is 11.1 Å². The highest BCUT2D eigenvalue weighted by Crippen LogP contribution is 2.39. The van der Waals surface area contributed by atoms with Crippen molar-refractivity contribution in [1.82, 2.24) is 0 Å². The molecule has 0 aliphatic carbocycles. The molecular weight excluding hydrogens is 272 g/mol. The van der Waals surface area contributed by atoms with Gasteiger partial charge in [-0.25, -0.2) is 0 Å². The maximum Gasteiger partial charge on any atom is 0.169 e. The first-order chi connectivity index (χ1) is 10.2. The third-order valence-electron chi connectivity index (χ3n) is 3.37. The molecule has 5 nitrogen and oxygen atoms in total. The number of aldehydes is 1. The van der Waals surface area contributed by atoms with Crippen LogP contribution in [0.3, 0.4) is 0 Å². The number of phenolic OH excluding ortho intramolecular Hbond substituents is 1. The summed E-state index contributed by atoms with van der Waals surface area (Å²) in [6, 6.07) is 8.76. The summed E-state index contributed by atoms with van der Waals surface area (Å²) in [5.41, 5.74) is 1.56. The Morgan fingerprint density at radius 1 is 1.14 bits per heavy atom. The summed E-state index contributed by atoms with van der Waals surface area (Å²) in [5.74, 6) is 1.40. The van der Waals surface area contributed by atoms with Crippen LogP contribution in [0.5, 0.6) is 23.0 Å². The van der Waals surface area contributed by atoms with Gasteiger partial charge in [-0.05, 0) is 35.4 Å². The largest absolute Gasteiger partial charge is 0.504 e. The molecule has 0 aromatic heterocycles. The number of fused-ring (bicyclic) bond motifs is 1. The molecule has 0 atom stereocenters. The van der Waals surface area contributed by atoms with Crippen LogP contribution in [0.15, 0.2) is 30.3 Å². The first-order valence-corrected chi connectivity index (χ1v) is 6.49. The van der Waals surface area contributed by atoms with Crippen LogP contribution in [-0.2, 0) is 0 Å². The normalized spacial score (nSPS) is 12.8. The second kappa shape index (κ2) is 5.36. The molecule has 0 saturated heterocycles. The van der Waals surface area contributed by atoms with E-state index in [0.717, 1.165) is 5.56 Å². The first kappa shape index (κ1) is 13.3. The molecule has 3 rings (SSSR count). The van der Waals surface area contributed by atoms with Gasteiger partial charge in [-0.2, -0.15) is 0 Å². The van der Waals surface area contributed by atoms with Crippen molar-refractivity contribution >= 4 is 6.29 Å². The summed E-state index contributed by atoms with van der Waals surface area (Å²) >= 11 is 0. The molecule has 0 radical (unpaired) electrons. The second-order valence-corrected chi connectivity index (χ2v) is 4.55. The van der Waals surface area contributed by atoms with E-state index >= 15 is 0 Å². The van der Waals surface area contributed by atoms with Gasteiger partial charge in [0.15, 0.2) is 29.3 Å². The van der Waals surface area contributed by atoms with Crippen LogP contribution >= 0.6 is 0 Å². The van der Waals surface area contributed by atoms with Gasteiger partial charge in [0.1, 0.15) is 13.2 Å². The van der Waals surface area contributed by atoms with E-state index in [1.54, 1.807) is 24.3 Å². The third kappa shape index (κ3) is 2.27. The van der Waals surface area contributed by atoms with Crippen LogP contribution in [0.2, 0.25) is 0 Å². The third-order valence-corrected chi connectivity index (χ3v) is 3.37. The molecule has 0 unspecified atom stereocenters. The summed E-state index contributed by atoms with van der Waals surface area (Å²) in [6.45, 7) is 1.01. The van der Waals surface area contributed by atoms with Crippen molar-refractivity contribution in [2.75, 3.05) is 20.3 Å². The first-order valence-electron chi connectivity index (χ1n) is 6.49. The summed E-state index contributed by atoms with van der Waals surface area (Å²) in [6.07, 6.45) is 0.615. The van der Waals surface area contributed by atoms with Crippen molar-refractivity contribution in [2.45, 2.75) is 0 Å². The molecule has 0 spiro atoms. The van der Waals surface area contributed by atoms with E-state index in [1.165, 1.54) is 7.11 Å². The predicted octanol–water partition coefficient (Wildman–Crippen LogP) is 2.65. The summed E-state index contributed by atoms with van der Waals surface area (Å²) < 4.78 is 16.0. The molecule has 0 saturated carbocycles. The highest BCUT2D eigenvalue weighted by atomic mass is 16.6. The smallest absolute Gasteiger partial charge is 0.169 e. The lowest BCUT2D eigenvalue weighted by Crippen LogP contribution is -2.15. The molecule has 0 fully saturated rings. The number of benzene rings is 2. The number of carbonyl (C=O) groups is 1. The maximum absolute atomic E-state index is 11.3. The number of ether oxygens (including phenoxy) is 3. The molecule has 5 heteroatoms. The van der Waals surface area contributed by atoms with E-state index in [4.69, 9.17) is 14.2 Å². The lowest BCUT2D eigenvalue weighted by Gasteiger charge is -2.19. The van der Waals surface area contributed by atoms with Crippen molar-refractivity contribution in [3.63, 3.8) is 0 Å². The fraction of sp³-hybridized carbons (Fsp3) is 0.188. The van der Waals surface area contributed by atoms with E-state index in [1.807, 2.05) is 6.07 Å². The molecule has 1 heterocycles. The van der Waals surface area contributed by atoms with Crippen LogP contribution in [0.4, 0.5) is 0 Å². The minimum Gasteiger partial charge on any atom is -0.504 e. The molecule has 21 heavy (non-hydrogen) atoms. The Morgan fingerprint density at radius 2 is 1.90 bits per heavy atom. The van der Waals surface area contributed by atoms with Crippen molar-refractivity contribution < 1.29 is 24.1 Å². The zero-order valence-electron chi connectivity index (χ0n) is 11.5. The highest BCUT2D eigenvalue weighted by molar-refractivity contribution is 5.92. The minimum atomic E-state index is -0.167. The zero-order valence-corrected chi connectivity index (χ0v) is 11.5. The van der Waals surface area contributed by atoms with Crippen LogP contribution < -0.4 is 14.2 Å². The molecule has 2 aromatic carbocycles. The number of phenols is 1. The van der Waals surface area contributed by atoms with Crippen LogP contribution in [0.1, 0.15) is 10.4 Å². The van der Waals surface area contributed by atoms with E-state index in [-0.39, 0.29) is 17.1 Å². The zero-order chi connectivity index (χ0) is 14.8. The maximum atomic E-state index is 11.3. The van der Waals surface area contributed by atoms with Gasteiger partial charge in [-0.1, -0.05) is 6.07 Å². The van der Waals surface area contributed by atoms with Gasteiger partial charge in [0.25, 0.3) is 0 Å². The molecule has 1 aliphatic rings. The fourth-order valence-electron chi connectivity index (χ4n) is 2.33. The lowest BCUT2D eigenvalue weighted by molar-refractivity contribution is 0.112. The van der Waals surface area contributed by atoms with Gasteiger partial charge in [0, 0.05) is 0 Å². The van der Waals surface area contributed by atoms with Crippen LogP contribution in [0, 0.1) is 0 Å². The van der Waals surface area contributed by atoms with Crippen molar-refractivity contribution in [1.29, 1.82) is 0 Å². The van der Waals surface area contributed by atoms with E-state index in [9.17, 15) is 9.90 Å². The summed E-state index contributed by atoms with van der Waals surface area (Å²) in [4.78, 5) is 11.3. The quantitative estimate of drug-likeness (QED) is 0.879. The summed E-state index contributed by atoms with van der Waals surface area (Å²) in [5, 5.41) is 10.1. The van der Waals surface area contributed by atoms with Gasteiger partial charge in [0.05, 0.1) is 12.7 Å². The Bertz CT molecular complexity index is 693. The number of aromatic hydroxyl groups is 1. The minimum absolute atomic E-state index is 0.167. The standard InChI is InChI=1S/C16H14O5/c1-19-14-5-3-11(12(9-17)16(14)18)10-2-4-13-15(8-10)21-7-6-20-13/h2-5,8-9,18H,6-7H2,1H3. The second-order valence-electron chi connectivity index (χ2n) is 4.55. The number of carbonyl (C=O) groups excluding carboxylic acids is 1. The van der Waals surface area contributed by atoms with Gasteiger partial charge in [0.2, 0.25) is 0 Å². The fourth-order valence-corrected chi connectivity index (χ4v) is 2.33. The number of rotatable bonds is 3. The Kier molecular flexibility index (Phi) is 3.39. The number of hydrogen-bond donors (Lipinski definition) is 1. The monoisotopic (exact) mass is 286 g/mol. The molecule has 0 bridgehead atoms. The van der Waals surface area contributed by atoms with Crippen LogP contribution in [-0.4, -0.2) is 31.7 Å². The lowest BCUT2D eigenvalue weighted by atomic mass is 9.98. The molecule has 1 aliphatic heterocycles. The van der Waals surface area contributed by atoms with E-state index < -0.39 is 0 Å². The average molecular weight is 286 g/mol. The SMILES string of the molecule is COc1ccc(-c2ccc3c(c2)OCCO3)c(C=O)c1O. The highest BCUT2D eigenvalue weighted by Gasteiger charge is 2.17. The van der Waals surface area contributed by atoms with Crippen molar-refractivity contribution in [3.8, 4) is 34.1 Å². The molecule has 0 amide bonds. The molecule has 108 valence electrons. The average Bonchev–Trinajstić information content (AvgIpc) is 2.54. The Morgan fingerprint density at radius 3 is 2.62 bits per heavy atom. The van der Waals surface area contributed by atoms with Gasteiger partial charge < -0.3 is 19.3 Å². The Labute approximate surface area is 121 Å².